The van der Waals surface area contributed by atoms with Gasteiger partial charge >= 0.3 is 0 Å². The predicted octanol–water partition coefficient (Wildman–Crippen LogP) is 4.62. The molecular formula is C15H23NO. The van der Waals surface area contributed by atoms with Gasteiger partial charge in [-0.2, -0.15) is 0 Å². The van der Waals surface area contributed by atoms with Crippen molar-refractivity contribution in [2.75, 3.05) is 0 Å². The van der Waals surface area contributed by atoms with Crippen LogP contribution in [0.15, 0.2) is 40.1 Å². The number of nitrogens with zero attached hydrogens (tertiary/aromatic N) is 1. The fraction of sp³-hybridized carbons (Fsp3) is 0.533. The van der Waals surface area contributed by atoms with Gasteiger partial charge in [-0.3, -0.25) is 0 Å². The maximum Gasteiger partial charge on any atom is 0.0827 e. The Labute approximate surface area is 104 Å². The van der Waals surface area contributed by atoms with E-state index in [2.05, 4.69) is 37.2 Å². The average molecular weight is 233 g/mol. The lowest BCUT2D eigenvalue weighted by atomic mass is 9.96. The van der Waals surface area contributed by atoms with E-state index >= 15 is 0 Å². The predicted molar refractivity (Wildman–Crippen MR) is 73.6 cm³/mol. The van der Waals surface area contributed by atoms with Crippen LogP contribution in [0.3, 0.4) is 0 Å². The molecule has 0 aromatic carbocycles. The molecule has 1 N–H and O–H groups in total. The van der Waals surface area contributed by atoms with E-state index in [1.807, 2.05) is 6.92 Å². The first-order valence-corrected chi connectivity index (χ1v) is 6.39. The molecular weight excluding hydrogens is 210 g/mol. The monoisotopic (exact) mass is 233 g/mol. The molecule has 0 aliphatic heterocycles. The van der Waals surface area contributed by atoms with Crippen LogP contribution in [0.4, 0.5) is 0 Å². The summed E-state index contributed by atoms with van der Waals surface area (Å²) in [5.74, 6) is 0. The Kier molecular flexibility index (Phi) is 5.75. The second-order valence-electron chi connectivity index (χ2n) is 4.67. The Balaban J connectivity index is 3.03. The molecule has 0 aromatic heterocycles. The van der Waals surface area contributed by atoms with Gasteiger partial charge in [-0.05, 0) is 63.2 Å². The molecule has 0 heterocycles. The highest BCUT2D eigenvalue weighted by molar-refractivity contribution is 6.00. The van der Waals surface area contributed by atoms with E-state index in [1.54, 1.807) is 0 Å². The molecule has 94 valence electrons. The molecule has 0 aromatic rings. The fourth-order valence-electron chi connectivity index (χ4n) is 1.99. The highest BCUT2D eigenvalue weighted by Crippen LogP contribution is 2.19. The molecule has 0 saturated heterocycles. The van der Waals surface area contributed by atoms with E-state index in [1.165, 1.54) is 24.0 Å². The zero-order chi connectivity index (χ0) is 12.7. The van der Waals surface area contributed by atoms with Gasteiger partial charge in [-0.25, -0.2) is 0 Å². The van der Waals surface area contributed by atoms with Gasteiger partial charge in [0.05, 0.1) is 5.71 Å². The lowest BCUT2D eigenvalue weighted by molar-refractivity contribution is 0.317. The molecule has 0 radical (unpaired) electrons. The van der Waals surface area contributed by atoms with Gasteiger partial charge in [0.25, 0.3) is 0 Å². The summed E-state index contributed by atoms with van der Waals surface area (Å²) in [6.07, 6.45) is 12.0. The van der Waals surface area contributed by atoms with Crippen molar-refractivity contribution in [3.8, 4) is 0 Å². The van der Waals surface area contributed by atoms with Crippen LogP contribution in [0.1, 0.15) is 52.9 Å². The number of allylic oxidation sites excluding steroid dienone is 6. The molecule has 0 atom stereocenters. The van der Waals surface area contributed by atoms with E-state index in [0.29, 0.717) is 0 Å². The minimum atomic E-state index is 0.833. The van der Waals surface area contributed by atoms with Crippen LogP contribution >= 0.6 is 0 Å². The second-order valence-corrected chi connectivity index (χ2v) is 4.67. The number of rotatable bonds is 0. The summed E-state index contributed by atoms with van der Waals surface area (Å²) in [6.45, 7) is 6.23. The summed E-state index contributed by atoms with van der Waals surface area (Å²) < 4.78 is 0. The van der Waals surface area contributed by atoms with E-state index in [4.69, 9.17) is 5.21 Å². The molecule has 0 amide bonds. The van der Waals surface area contributed by atoms with Gasteiger partial charge < -0.3 is 5.21 Å². The summed E-state index contributed by atoms with van der Waals surface area (Å²) in [7, 11) is 0. The largest absolute Gasteiger partial charge is 0.411 e. The van der Waals surface area contributed by atoms with Gasteiger partial charge in [0.2, 0.25) is 0 Å². The van der Waals surface area contributed by atoms with E-state index < -0.39 is 0 Å². The molecule has 1 aliphatic rings. The quantitative estimate of drug-likeness (QED) is 0.480. The van der Waals surface area contributed by atoms with Crippen LogP contribution in [-0.2, 0) is 0 Å². The Morgan fingerprint density at radius 2 is 1.82 bits per heavy atom. The van der Waals surface area contributed by atoms with Crippen LogP contribution in [0, 0.1) is 0 Å². The van der Waals surface area contributed by atoms with E-state index in [9.17, 15) is 0 Å². The van der Waals surface area contributed by atoms with Gasteiger partial charge in [-0.1, -0.05) is 29.8 Å². The first-order chi connectivity index (χ1) is 8.16. The molecule has 0 saturated carbocycles. The van der Waals surface area contributed by atoms with Crippen molar-refractivity contribution in [1.82, 2.24) is 0 Å². The molecule has 0 spiro atoms. The van der Waals surface area contributed by atoms with Crippen molar-refractivity contribution in [3.05, 3.63) is 34.9 Å². The molecule has 2 nitrogen and oxygen atoms in total. The third-order valence-electron chi connectivity index (χ3n) is 3.47. The summed E-state index contributed by atoms with van der Waals surface area (Å²) in [6, 6.07) is 0. The van der Waals surface area contributed by atoms with E-state index in [0.717, 1.165) is 30.5 Å². The maximum absolute atomic E-state index is 9.09. The van der Waals surface area contributed by atoms with Crippen LogP contribution in [-0.4, -0.2) is 10.9 Å². The SMILES string of the molecule is CC1=C/C=C\CCCCCC(=NO)/C(C)=C\1C. The van der Waals surface area contributed by atoms with Crippen molar-refractivity contribution >= 4 is 5.71 Å². The fourth-order valence-corrected chi connectivity index (χ4v) is 1.99. The van der Waals surface area contributed by atoms with Crippen molar-refractivity contribution in [1.29, 1.82) is 0 Å². The number of oxime groups is 1. The van der Waals surface area contributed by atoms with Gasteiger partial charge in [-0.15, -0.1) is 0 Å². The number of hydrogen-bond acceptors (Lipinski definition) is 2. The molecule has 2 heteroatoms. The standard InChI is InChI=1S/C15H23NO/c1-12-10-8-6-4-5-7-9-11-15(16-17)14(3)13(12)2/h6,8,10,17H,4-5,7,9,11H2,1-3H3/b8-6-,12-10-,14-13-,16-15?. The first kappa shape index (κ1) is 13.8. The maximum atomic E-state index is 9.09. The Morgan fingerprint density at radius 1 is 1.06 bits per heavy atom. The van der Waals surface area contributed by atoms with Gasteiger partial charge in [0, 0.05) is 0 Å². The van der Waals surface area contributed by atoms with Crippen molar-refractivity contribution in [2.24, 2.45) is 5.16 Å². The Hall–Kier alpha value is -1.31. The zero-order valence-corrected chi connectivity index (χ0v) is 11.2. The third-order valence-corrected chi connectivity index (χ3v) is 3.47. The second kappa shape index (κ2) is 7.10. The lowest BCUT2D eigenvalue weighted by Gasteiger charge is -2.11. The average Bonchev–Trinajstić information content (AvgIpc) is 2.34. The summed E-state index contributed by atoms with van der Waals surface area (Å²) >= 11 is 0. The first-order valence-electron chi connectivity index (χ1n) is 6.39. The van der Waals surface area contributed by atoms with Gasteiger partial charge in [0.1, 0.15) is 0 Å². The minimum absolute atomic E-state index is 0.833. The minimum Gasteiger partial charge on any atom is -0.411 e. The topological polar surface area (TPSA) is 32.6 Å². The third kappa shape index (κ3) is 4.22. The molecule has 0 bridgehead atoms. The van der Waals surface area contributed by atoms with Crippen molar-refractivity contribution in [3.63, 3.8) is 0 Å². The highest BCUT2D eigenvalue weighted by Gasteiger charge is 2.08. The van der Waals surface area contributed by atoms with E-state index in [-0.39, 0.29) is 0 Å². The van der Waals surface area contributed by atoms with Crippen LogP contribution in [0.25, 0.3) is 0 Å². The van der Waals surface area contributed by atoms with Crippen molar-refractivity contribution in [2.45, 2.75) is 52.9 Å². The molecule has 1 aliphatic carbocycles. The normalized spacial score (nSPS) is 31.2. The molecule has 0 fully saturated rings. The summed E-state index contributed by atoms with van der Waals surface area (Å²) in [5, 5.41) is 12.5. The zero-order valence-electron chi connectivity index (χ0n) is 11.2. The number of hydrogen-bond donors (Lipinski definition) is 1. The summed E-state index contributed by atoms with van der Waals surface area (Å²) in [4.78, 5) is 0. The highest BCUT2D eigenvalue weighted by atomic mass is 16.4. The molecule has 1 rings (SSSR count). The Bertz CT molecular complexity index is 362. The Morgan fingerprint density at radius 3 is 2.53 bits per heavy atom. The van der Waals surface area contributed by atoms with Crippen molar-refractivity contribution < 1.29 is 5.21 Å². The summed E-state index contributed by atoms with van der Waals surface area (Å²) in [5.41, 5.74) is 4.39. The molecule has 17 heavy (non-hydrogen) atoms. The van der Waals surface area contributed by atoms with Crippen LogP contribution in [0.5, 0.6) is 0 Å². The van der Waals surface area contributed by atoms with Crippen LogP contribution < -0.4 is 0 Å². The smallest absolute Gasteiger partial charge is 0.0827 e. The molecule has 0 unspecified atom stereocenters. The lowest BCUT2D eigenvalue weighted by Crippen LogP contribution is -2.04. The van der Waals surface area contributed by atoms with Gasteiger partial charge in [0.15, 0.2) is 0 Å². The van der Waals surface area contributed by atoms with Crippen LogP contribution in [0.2, 0.25) is 0 Å².